The lowest BCUT2D eigenvalue weighted by Gasteiger charge is -2.46. The number of fused-ring (bicyclic) bond motifs is 7. The largest absolute Gasteiger partial charge is 0.455 e. The van der Waals surface area contributed by atoms with Crippen molar-refractivity contribution in [1.82, 2.24) is 0 Å². The molecule has 0 N–H and O–H groups in total. The van der Waals surface area contributed by atoms with Crippen LogP contribution in [0.1, 0.15) is 90.1 Å². The van der Waals surface area contributed by atoms with Crippen molar-refractivity contribution < 1.29 is 4.42 Å². The average Bonchev–Trinajstić information content (AvgIpc) is 3.76. The third kappa shape index (κ3) is 7.75. The van der Waals surface area contributed by atoms with Crippen molar-refractivity contribution in [2.24, 2.45) is 0 Å². The molecule has 5 heteroatoms. The molecule has 3 heterocycles. The van der Waals surface area contributed by atoms with Crippen molar-refractivity contribution in [3.05, 3.63) is 216 Å². The van der Waals surface area contributed by atoms with Gasteiger partial charge in [0.15, 0.2) is 0 Å². The predicted octanol–water partition coefficient (Wildman–Crippen LogP) is 17.3. The van der Waals surface area contributed by atoms with Gasteiger partial charge in [-0.1, -0.05) is 178 Å². The number of benzene rings is 9. The van der Waals surface area contributed by atoms with Gasteiger partial charge in [0.25, 0.3) is 6.71 Å². The number of anilines is 9. The SMILES string of the molecule is Cc1cccc(C)c1N1c2cc(N(c3ccccc3)c3ccc(-c4cccc5c4oc4ccccc45)cc3)ccc2B2c3cc(C(C)(C)C)ccc3N(c3ccc(C(C)(C)C)cc3)c3cc(C(C)(C)C)cc1c32. The molecule has 0 aliphatic carbocycles. The molecule has 1 aromatic heterocycles. The molecular weight excluding hydrogens is 886 g/mol. The fourth-order valence-corrected chi connectivity index (χ4v) is 11.6. The third-order valence-electron chi connectivity index (χ3n) is 15.6. The molecule has 0 radical (unpaired) electrons. The molecule has 12 rings (SSSR count). The quantitative estimate of drug-likeness (QED) is 0.155. The summed E-state index contributed by atoms with van der Waals surface area (Å²) in [5.74, 6) is 0. The number of rotatable bonds is 6. The zero-order valence-electron chi connectivity index (χ0n) is 44.2. The second-order valence-electron chi connectivity index (χ2n) is 23.6. The van der Waals surface area contributed by atoms with Crippen LogP contribution in [0.15, 0.2) is 192 Å². The highest BCUT2D eigenvalue weighted by atomic mass is 16.3. The zero-order chi connectivity index (χ0) is 50.7. The maximum Gasteiger partial charge on any atom is 0.252 e. The van der Waals surface area contributed by atoms with Gasteiger partial charge < -0.3 is 19.1 Å². The zero-order valence-corrected chi connectivity index (χ0v) is 44.2. The molecular formula is C68H64BN3O. The number of aryl methyl sites for hydroxylation is 2. The third-order valence-corrected chi connectivity index (χ3v) is 15.6. The van der Waals surface area contributed by atoms with E-state index >= 15 is 0 Å². The topological polar surface area (TPSA) is 22.9 Å². The van der Waals surface area contributed by atoms with Crippen LogP contribution in [0.4, 0.5) is 51.2 Å². The molecule has 360 valence electrons. The lowest BCUT2D eigenvalue weighted by atomic mass is 9.33. The molecule has 0 bridgehead atoms. The Morgan fingerprint density at radius 1 is 0.425 bits per heavy atom. The molecule has 0 saturated heterocycles. The highest BCUT2D eigenvalue weighted by molar-refractivity contribution is 7.00. The van der Waals surface area contributed by atoms with Crippen molar-refractivity contribution >= 4 is 96.2 Å². The average molecular weight is 950 g/mol. The highest BCUT2D eigenvalue weighted by Gasteiger charge is 2.45. The molecule has 10 aromatic rings. The van der Waals surface area contributed by atoms with Gasteiger partial charge in [0.05, 0.1) is 5.69 Å². The van der Waals surface area contributed by atoms with E-state index in [1.54, 1.807) is 0 Å². The Morgan fingerprint density at radius 2 is 1.01 bits per heavy atom. The van der Waals surface area contributed by atoms with E-state index in [-0.39, 0.29) is 23.0 Å². The van der Waals surface area contributed by atoms with Crippen LogP contribution in [-0.2, 0) is 16.2 Å². The number of hydrogen-bond acceptors (Lipinski definition) is 4. The van der Waals surface area contributed by atoms with Gasteiger partial charge in [-0.3, -0.25) is 0 Å². The summed E-state index contributed by atoms with van der Waals surface area (Å²) in [6.07, 6.45) is 0. The second kappa shape index (κ2) is 16.9. The molecule has 0 atom stereocenters. The van der Waals surface area contributed by atoms with Crippen LogP contribution in [0.2, 0.25) is 0 Å². The summed E-state index contributed by atoms with van der Waals surface area (Å²) in [4.78, 5) is 7.60. The molecule has 0 saturated carbocycles. The Bertz CT molecular complexity index is 3750. The monoisotopic (exact) mass is 950 g/mol. The summed E-state index contributed by atoms with van der Waals surface area (Å²) >= 11 is 0. The summed E-state index contributed by atoms with van der Waals surface area (Å²) in [7, 11) is 0. The van der Waals surface area contributed by atoms with E-state index in [1.807, 2.05) is 6.07 Å². The summed E-state index contributed by atoms with van der Waals surface area (Å²) in [5, 5.41) is 2.27. The van der Waals surface area contributed by atoms with Gasteiger partial charge in [-0.25, -0.2) is 0 Å². The Hall–Kier alpha value is -7.76. The second-order valence-corrected chi connectivity index (χ2v) is 23.6. The Balaban J connectivity index is 1.10. The van der Waals surface area contributed by atoms with Crippen LogP contribution >= 0.6 is 0 Å². The molecule has 0 unspecified atom stereocenters. The molecule has 2 aliphatic rings. The van der Waals surface area contributed by atoms with Crippen molar-refractivity contribution in [2.75, 3.05) is 14.7 Å². The fourth-order valence-electron chi connectivity index (χ4n) is 11.6. The van der Waals surface area contributed by atoms with E-state index in [0.29, 0.717) is 0 Å². The van der Waals surface area contributed by atoms with Crippen molar-refractivity contribution in [3.63, 3.8) is 0 Å². The van der Waals surface area contributed by atoms with Crippen LogP contribution in [0.25, 0.3) is 33.1 Å². The van der Waals surface area contributed by atoms with Gasteiger partial charge in [0.1, 0.15) is 11.2 Å². The van der Waals surface area contributed by atoms with E-state index in [4.69, 9.17) is 4.42 Å². The summed E-state index contributed by atoms with van der Waals surface area (Å²) in [6, 6.07) is 70.3. The molecule has 2 aliphatic heterocycles. The summed E-state index contributed by atoms with van der Waals surface area (Å²) in [6.45, 7) is 25.5. The van der Waals surface area contributed by atoms with Crippen molar-refractivity contribution in [1.29, 1.82) is 0 Å². The molecule has 73 heavy (non-hydrogen) atoms. The molecule has 9 aromatic carbocycles. The minimum Gasteiger partial charge on any atom is -0.455 e. The summed E-state index contributed by atoms with van der Waals surface area (Å²) in [5.41, 5.74) is 24.8. The normalized spacial score (nSPS) is 13.3. The first-order valence-electron chi connectivity index (χ1n) is 26.0. The van der Waals surface area contributed by atoms with Gasteiger partial charge in [0, 0.05) is 61.8 Å². The first kappa shape index (κ1) is 46.3. The highest BCUT2D eigenvalue weighted by Crippen LogP contribution is 2.49. The van der Waals surface area contributed by atoms with Crippen LogP contribution in [0.5, 0.6) is 0 Å². The number of hydrogen-bond donors (Lipinski definition) is 0. The van der Waals surface area contributed by atoms with Crippen LogP contribution in [-0.4, -0.2) is 6.71 Å². The van der Waals surface area contributed by atoms with E-state index in [0.717, 1.165) is 50.1 Å². The predicted molar refractivity (Wildman–Crippen MR) is 313 cm³/mol. The van der Waals surface area contributed by atoms with Gasteiger partial charge >= 0.3 is 0 Å². The number of para-hydroxylation sites is 4. The Morgan fingerprint density at radius 3 is 1.70 bits per heavy atom. The molecule has 0 spiro atoms. The van der Waals surface area contributed by atoms with Gasteiger partial charge in [-0.15, -0.1) is 0 Å². The lowest BCUT2D eigenvalue weighted by Crippen LogP contribution is -2.61. The Kier molecular flexibility index (Phi) is 10.7. The Labute approximate surface area is 432 Å². The van der Waals surface area contributed by atoms with Crippen molar-refractivity contribution in [2.45, 2.75) is 92.4 Å². The van der Waals surface area contributed by atoms with Crippen LogP contribution in [0, 0.1) is 13.8 Å². The van der Waals surface area contributed by atoms with Gasteiger partial charge in [0.2, 0.25) is 0 Å². The molecule has 0 amide bonds. The number of nitrogens with zero attached hydrogens (tertiary/aromatic N) is 3. The van der Waals surface area contributed by atoms with Gasteiger partial charge in [-0.05, 0) is 153 Å². The minimum atomic E-state index is -0.139. The maximum atomic E-state index is 6.52. The van der Waals surface area contributed by atoms with E-state index in [2.05, 4.69) is 273 Å². The summed E-state index contributed by atoms with van der Waals surface area (Å²) < 4.78 is 6.52. The van der Waals surface area contributed by atoms with Crippen LogP contribution < -0.4 is 31.1 Å². The standard InChI is InChI=1S/C68H64BN3O/c1-43-19-17-20-44(2)64(43)72-59-42-52(70(49-21-13-12-14-22-49)50-32-27-45(28-33-50)53-24-18-25-55-54-23-15-16-26-62(54)73-65(53)55)36-37-56(59)69-57-39-47(67(6,7)8)31-38-58(57)71(51-34-29-46(30-35-51)66(3,4)5)60-40-48(68(9,10)11)41-61(72)63(60)69/h12-42H,1-11H3. The van der Waals surface area contributed by atoms with Crippen molar-refractivity contribution in [3.8, 4) is 11.1 Å². The van der Waals surface area contributed by atoms with E-state index in [1.165, 1.54) is 78.3 Å². The van der Waals surface area contributed by atoms with Crippen LogP contribution in [0.3, 0.4) is 0 Å². The minimum absolute atomic E-state index is 0.0311. The smallest absolute Gasteiger partial charge is 0.252 e. The van der Waals surface area contributed by atoms with E-state index in [9.17, 15) is 0 Å². The number of furan rings is 1. The lowest BCUT2D eigenvalue weighted by molar-refractivity contribution is 0.589. The first-order chi connectivity index (χ1) is 34.9. The van der Waals surface area contributed by atoms with E-state index < -0.39 is 0 Å². The fraction of sp³-hybridized carbons (Fsp3) is 0.206. The molecule has 4 nitrogen and oxygen atoms in total. The van der Waals surface area contributed by atoms with Gasteiger partial charge in [-0.2, -0.15) is 0 Å². The first-order valence-corrected chi connectivity index (χ1v) is 26.0. The maximum absolute atomic E-state index is 6.52. The molecule has 0 fully saturated rings.